The molecular formula is C18H18O3S. The molecule has 0 amide bonds. The first kappa shape index (κ1) is 16.2. The largest absolute Gasteiger partial charge is 0.454 e. The standard InChI is InChI=1S/C18H18O3S/c1-12-9-14(3)16(10-13(12)2)17(19)11-21-18(20)7-6-15-5-4-8-22-15/h4-10H,11H2,1-3H3/b7-6+. The molecule has 0 fully saturated rings. The third-order valence-electron chi connectivity index (χ3n) is 3.41. The number of esters is 1. The Balaban J connectivity index is 1.95. The quantitative estimate of drug-likeness (QED) is 0.474. The molecule has 0 aliphatic heterocycles. The van der Waals surface area contributed by atoms with Crippen LogP contribution in [0.15, 0.2) is 35.7 Å². The number of benzene rings is 1. The highest BCUT2D eigenvalue weighted by atomic mass is 32.1. The van der Waals surface area contributed by atoms with Crippen LogP contribution in [0.25, 0.3) is 6.08 Å². The number of hydrogen-bond acceptors (Lipinski definition) is 4. The van der Waals surface area contributed by atoms with E-state index in [2.05, 4.69) is 0 Å². The van der Waals surface area contributed by atoms with Gasteiger partial charge in [0.15, 0.2) is 6.61 Å². The fraction of sp³-hybridized carbons (Fsp3) is 0.222. The van der Waals surface area contributed by atoms with Crippen LogP contribution in [0.5, 0.6) is 0 Å². The van der Waals surface area contributed by atoms with Gasteiger partial charge in [0, 0.05) is 16.5 Å². The molecule has 0 atom stereocenters. The van der Waals surface area contributed by atoms with Crippen LogP contribution < -0.4 is 0 Å². The number of ketones is 1. The third-order valence-corrected chi connectivity index (χ3v) is 4.25. The Morgan fingerprint density at radius 2 is 1.86 bits per heavy atom. The smallest absolute Gasteiger partial charge is 0.331 e. The molecule has 3 nitrogen and oxygen atoms in total. The predicted molar refractivity (Wildman–Crippen MR) is 89.3 cm³/mol. The molecule has 4 heteroatoms. The maximum Gasteiger partial charge on any atom is 0.331 e. The normalized spacial score (nSPS) is 10.9. The Labute approximate surface area is 134 Å². The van der Waals surface area contributed by atoms with Gasteiger partial charge < -0.3 is 4.74 Å². The average molecular weight is 314 g/mol. The SMILES string of the molecule is Cc1cc(C)c(C(=O)COC(=O)/C=C/c2cccs2)cc1C. The fourth-order valence-corrected chi connectivity index (χ4v) is 2.68. The predicted octanol–water partition coefficient (Wildman–Crippen LogP) is 4.11. The van der Waals surface area contributed by atoms with Crippen LogP contribution in [0.3, 0.4) is 0 Å². The van der Waals surface area contributed by atoms with Crippen molar-refractivity contribution < 1.29 is 14.3 Å². The topological polar surface area (TPSA) is 43.4 Å². The molecule has 22 heavy (non-hydrogen) atoms. The molecule has 0 radical (unpaired) electrons. The first-order valence-corrected chi connectivity index (χ1v) is 7.84. The lowest BCUT2D eigenvalue weighted by Gasteiger charge is -2.09. The number of aryl methyl sites for hydroxylation is 3. The molecule has 2 rings (SSSR count). The minimum Gasteiger partial charge on any atom is -0.454 e. The van der Waals surface area contributed by atoms with Gasteiger partial charge in [-0.15, -0.1) is 11.3 Å². The maximum absolute atomic E-state index is 12.2. The lowest BCUT2D eigenvalue weighted by Crippen LogP contribution is -2.14. The molecule has 0 N–H and O–H groups in total. The van der Waals surface area contributed by atoms with Crippen LogP contribution in [0.2, 0.25) is 0 Å². The zero-order valence-electron chi connectivity index (χ0n) is 12.9. The van der Waals surface area contributed by atoms with E-state index in [-0.39, 0.29) is 12.4 Å². The number of rotatable bonds is 5. The number of carbonyl (C=O) groups excluding carboxylic acids is 2. The Kier molecular flexibility index (Phi) is 5.28. The van der Waals surface area contributed by atoms with Gasteiger partial charge in [-0.3, -0.25) is 4.79 Å². The maximum atomic E-state index is 12.2. The minimum absolute atomic E-state index is 0.182. The molecule has 1 aromatic heterocycles. The van der Waals surface area contributed by atoms with Gasteiger partial charge in [-0.2, -0.15) is 0 Å². The molecule has 2 aromatic rings. The second kappa shape index (κ2) is 7.18. The summed E-state index contributed by atoms with van der Waals surface area (Å²) in [6.07, 6.45) is 3.02. The van der Waals surface area contributed by atoms with Crippen LogP contribution >= 0.6 is 11.3 Å². The van der Waals surface area contributed by atoms with Gasteiger partial charge in [0.05, 0.1) is 0 Å². The van der Waals surface area contributed by atoms with Crippen molar-refractivity contribution in [1.82, 2.24) is 0 Å². The average Bonchev–Trinajstić information content (AvgIpc) is 2.99. The summed E-state index contributed by atoms with van der Waals surface area (Å²) in [6, 6.07) is 7.63. The third kappa shape index (κ3) is 4.15. The van der Waals surface area contributed by atoms with Crippen molar-refractivity contribution in [3.05, 3.63) is 62.9 Å². The molecular weight excluding hydrogens is 296 g/mol. The van der Waals surface area contributed by atoms with E-state index in [1.54, 1.807) is 6.08 Å². The van der Waals surface area contributed by atoms with Crippen molar-refractivity contribution in [3.63, 3.8) is 0 Å². The van der Waals surface area contributed by atoms with Gasteiger partial charge in [-0.05, 0) is 61.1 Å². The van der Waals surface area contributed by atoms with Crippen molar-refractivity contribution in [2.24, 2.45) is 0 Å². The fourth-order valence-electron chi connectivity index (χ4n) is 2.06. The Bertz CT molecular complexity index is 712. The van der Waals surface area contributed by atoms with Gasteiger partial charge in [0.1, 0.15) is 0 Å². The van der Waals surface area contributed by atoms with Crippen molar-refractivity contribution >= 4 is 29.2 Å². The summed E-state index contributed by atoms with van der Waals surface area (Å²) in [6.45, 7) is 5.61. The summed E-state index contributed by atoms with van der Waals surface area (Å²) >= 11 is 1.53. The molecule has 0 saturated carbocycles. The number of Topliss-reactive ketones (excluding diaryl/α,β-unsaturated/α-hetero) is 1. The molecule has 0 bridgehead atoms. The molecule has 0 saturated heterocycles. The van der Waals surface area contributed by atoms with Crippen LogP contribution in [-0.2, 0) is 9.53 Å². The van der Waals surface area contributed by atoms with Gasteiger partial charge in [0.2, 0.25) is 5.78 Å². The zero-order valence-corrected chi connectivity index (χ0v) is 13.7. The van der Waals surface area contributed by atoms with Crippen LogP contribution in [-0.4, -0.2) is 18.4 Å². The van der Waals surface area contributed by atoms with E-state index in [4.69, 9.17) is 4.74 Å². The number of carbonyl (C=O) groups is 2. The summed E-state index contributed by atoms with van der Waals surface area (Å²) in [5.74, 6) is -0.693. The van der Waals surface area contributed by atoms with E-state index in [0.29, 0.717) is 5.56 Å². The van der Waals surface area contributed by atoms with Crippen molar-refractivity contribution in [2.75, 3.05) is 6.61 Å². The first-order valence-electron chi connectivity index (χ1n) is 6.97. The molecule has 114 valence electrons. The zero-order chi connectivity index (χ0) is 16.1. The van der Waals surface area contributed by atoms with Gasteiger partial charge in [-0.1, -0.05) is 12.1 Å². The van der Waals surface area contributed by atoms with Crippen LogP contribution in [0.1, 0.15) is 31.9 Å². The molecule has 0 unspecified atom stereocenters. The summed E-state index contributed by atoms with van der Waals surface area (Å²) in [7, 11) is 0. The minimum atomic E-state index is -0.511. The van der Waals surface area contributed by atoms with Crippen molar-refractivity contribution in [3.8, 4) is 0 Å². The second-order valence-electron chi connectivity index (χ2n) is 5.13. The Morgan fingerprint density at radius 3 is 2.55 bits per heavy atom. The summed E-state index contributed by atoms with van der Waals surface area (Å²) < 4.78 is 5.01. The van der Waals surface area contributed by atoms with Gasteiger partial charge in [0.25, 0.3) is 0 Å². The number of ether oxygens (including phenoxy) is 1. The Morgan fingerprint density at radius 1 is 1.14 bits per heavy atom. The van der Waals surface area contributed by atoms with E-state index >= 15 is 0 Å². The van der Waals surface area contributed by atoms with Gasteiger partial charge >= 0.3 is 5.97 Å². The molecule has 0 spiro atoms. The second-order valence-corrected chi connectivity index (χ2v) is 6.11. The van der Waals surface area contributed by atoms with E-state index in [1.807, 2.05) is 50.4 Å². The lowest BCUT2D eigenvalue weighted by atomic mass is 9.98. The van der Waals surface area contributed by atoms with Crippen molar-refractivity contribution in [2.45, 2.75) is 20.8 Å². The molecule has 1 aromatic carbocycles. The van der Waals surface area contributed by atoms with E-state index in [1.165, 1.54) is 17.4 Å². The van der Waals surface area contributed by atoms with Gasteiger partial charge in [-0.25, -0.2) is 4.79 Å². The summed E-state index contributed by atoms with van der Waals surface area (Å²) in [5, 5.41) is 1.93. The highest BCUT2D eigenvalue weighted by Gasteiger charge is 2.12. The number of thiophene rings is 1. The van der Waals surface area contributed by atoms with Crippen molar-refractivity contribution in [1.29, 1.82) is 0 Å². The molecule has 1 heterocycles. The Hall–Kier alpha value is -2.20. The van der Waals surface area contributed by atoms with Crippen LogP contribution in [0.4, 0.5) is 0 Å². The molecule has 0 aliphatic rings. The van der Waals surface area contributed by atoms with Crippen LogP contribution in [0, 0.1) is 20.8 Å². The molecule has 0 aliphatic carbocycles. The van der Waals surface area contributed by atoms with E-state index in [0.717, 1.165) is 21.6 Å². The number of hydrogen-bond donors (Lipinski definition) is 0. The highest BCUT2D eigenvalue weighted by Crippen LogP contribution is 2.16. The highest BCUT2D eigenvalue weighted by molar-refractivity contribution is 7.10. The van der Waals surface area contributed by atoms with E-state index in [9.17, 15) is 9.59 Å². The first-order chi connectivity index (χ1) is 10.5. The van der Waals surface area contributed by atoms with E-state index < -0.39 is 5.97 Å². The lowest BCUT2D eigenvalue weighted by molar-refractivity contribution is -0.136. The monoisotopic (exact) mass is 314 g/mol. The summed E-state index contributed by atoms with van der Waals surface area (Å²) in [5.41, 5.74) is 3.71. The summed E-state index contributed by atoms with van der Waals surface area (Å²) in [4.78, 5) is 24.8.